The summed E-state index contributed by atoms with van der Waals surface area (Å²) in [4.78, 5) is 16.0. The second-order valence-electron chi connectivity index (χ2n) is 2.49. The molecule has 0 saturated heterocycles. The van der Waals surface area contributed by atoms with E-state index in [1.807, 2.05) is 6.92 Å². The van der Waals surface area contributed by atoms with Gasteiger partial charge in [0.1, 0.15) is 0 Å². The third-order valence-electron chi connectivity index (χ3n) is 1.68. The van der Waals surface area contributed by atoms with Crippen LogP contribution < -0.4 is 0 Å². The number of amides is 1. The van der Waals surface area contributed by atoms with E-state index in [4.69, 9.17) is 4.84 Å². The number of hydrogen-bond acceptors (Lipinski definition) is 2. The summed E-state index contributed by atoms with van der Waals surface area (Å²) in [6.07, 6.45) is 2.08. The molecule has 0 bridgehead atoms. The van der Waals surface area contributed by atoms with Gasteiger partial charge in [0.15, 0.2) is 0 Å². The van der Waals surface area contributed by atoms with Crippen molar-refractivity contribution in [3.63, 3.8) is 0 Å². The van der Waals surface area contributed by atoms with Crippen molar-refractivity contribution in [2.45, 2.75) is 19.8 Å². The molecule has 58 valence electrons. The van der Waals surface area contributed by atoms with Gasteiger partial charge in [-0.05, 0) is 19.8 Å². The lowest BCUT2D eigenvalue weighted by Crippen LogP contribution is -2.30. The minimum absolute atomic E-state index is 0.144. The molecule has 3 nitrogen and oxygen atoms in total. The summed E-state index contributed by atoms with van der Waals surface area (Å²) < 4.78 is 0. The van der Waals surface area contributed by atoms with Crippen LogP contribution in [-0.2, 0) is 9.63 Å². The van der Waals surface area contributed by atoms with Gasteiger partial charge in [-0.1, -0.05) is 0 Å². The van der Waals surface area contributed by atoms with Crippen LogP contribution in [0.5, 0.6) is 0 Å². The molecular weight excluding hydrogens is 130 g/mol. The maximum Gasteiger partial charge on any atom is 0.249 e. The fourth-order valence-electron chi connectivity index (χ4n) is 0.909. The Bertz CT molecular complexity index is 128. The molecule has 0 aliphatic heterocycles. The van der Waals surface area contributed by atoms with Crippen LogP contribution >= 0.6 is 0 Å². The summed E-state index contributed by atoms with van der Waals surface area (Å²) in [6, 6.07) is 0. The highest BCUT2D eigenvalue weighted by atomic mass is 16.7. The van der Waals surface area contributed by atoms with Gasteiger partial charge in [-0.3, -0.25) is 9.63 Å². The first kappa shape index (κ1) is 7.54. The van der Waals surface area contributed by atoms with Crippen LogP contribution in [0.2, 0.25) is 0 Å². The minimum Gasteiger partial charge on any atom is -0.274 e. The molecule has 0 aromatic rings. The van der Waals surface area contributed by atoms with E-state index in [9.17, 15) is 4.79 Å². The van der Waals surface area contributed by atoms with Crippen LogP contribution in [0.15, 0.2) is 0 Å². The van der Waals surface area contributed by atoms with Crippen molar-refractivity contribution in [3.05, 3.63) is 0 Å². The standard InChI is InChI=1S/C7H13NO2/c1-3-8(10-2)7(9)6-4-5-6/h6H,3-5H2,1-2H3. The van der Waals surface area contributed by atoms with E-state index in [-0.39, 0.29) is 11.8 Å². The average molecular weight is 143 g/mol. The van der Waals surface area contributed by atoms with E-state index in [0.29, 0.717) is 6.54 Å². The second-order valence-corrected chi connectivity index (χ2v) is 2.49. The number of carbonyl (C=O) groups excluding carboxylic acids is 1. The third kappa shape index (κ3) is 1.48. The Morgan fingerprint density at radius 2 is 2.30 bits per heavy atom. The van der Waals surface area contributed by atoms with Crippen molar-refractivity contribution < 1.29 is 9.63 Å². The largest absolute Gasteiger partial charge is 0.274 e. The molecule has 1 fully saturated rings. The maximum absolute atomic E-state index is 11.2. The lowest BCUT2D eigenvalue weighted by Gasteiger charge is -2.16. The SMILES string of the molecule is CCN(OC)C(=O)C1CC1. The van der Waals surface area contributed by atoms with Gasteiger partial charge in [0.25, 0.3) is 0 Å². The smallest absolute Gasteiger partial charge is 0.249 e. The summed E-state index contributed by atoms with van der Waals surface area (Å²) in [6.45, 7) is 2.55. The van der Waals surface area contributed by atoms with Crippen LogP contribution in [0, 0.1) is 5.92 Å². The lowest BCUT2D eigenvalue weighted by molar-refractivity contribution is -0.176. The molecule has 0 aromatic heterocycles. The van der Waals surface area contributed by atoms with Crippen molar-refractivity contribution in [1.29, 1.82) is 0 Å². The van der Waals surface area contributed by atoms with Gasteiger partial charge in [0, 0.05) is 12.5 Å². The van der Waals surface area contributed by atoms with Crippen LogP contribution in [0.3, 0.4) is 0 Å². The number of hydrogen-bond donors (Lipinski definition) is 0. The summed E-state index contributed by atoms with van der Waals surface area (Å²) in [7, 11) is 1.53. The number of carbonyl (C=O) groups is 1. The fourth-order valence-corrected chi connectivity index (χ4v) is 0.909. The lowest BCUT2D eigenvalue weighted by atomic mass is 10.4. The molecule has 0 radical (unpaired) electrons. The average Bonchev–Trinajstić information content (AvgIpc) is 2.71. The zero-order valence-corrected chi connectivity index (χ0v) is 6.46. The molecule has 1 rings (SSSR count). The second kappa shape index (κ2) is 3.01. The zero-order chi connectivity index (χ0) is 7.56. The zero-order valence-electron chi connectivity index (χ0n) is 6.46. The Labute approximate surface area is 60.9 Å². The van der Waals surface area contributed by atoms with Crippen molar-refractivity contribution in [2.75, 3.05) is 13.7 Å². The summed E-state index contributed by atoms with van der Waals surface area (Å²) in [5, 5.41) is 1.41. The summed E-state index contributed by atoms with van der Waals surface area (Å²) in [5.74, 6) is 0.407. The molecular formula is C7H13NO2. The Morgan fingerprint density at radius 3 is 2.60 bits per heavy atom. The van der Waals surface area contributed by atoms with E-state index in [2.05, 4.69) is 0 Å². The maximum atomic E-state index is 11.2. The van der Waals surface area contributed by atoms with Crippen LogP contribution in [-0.4, -0.2) is 24.6 Å². The van der Waals surface area contributed by atoms with Crippen molar-refractivity contribution >= 4 is 5.91 Å². The van der Waals surface area contributed by atoms with E-state index < -0.39 is 0 Å². The third-order valence-corrected chi connectivity index (χ3v) is 1.68. The van der Waals surface area contributed by atoms with E-state index in [1.54, 1.807) is 0 Å². The van der Waals surface area contributed by atoms with E-state index in [1.165, 1.54) is 12.2 Å². The van der Waals surface area contributed by atoms with Gasteiger partial charge in [-0.15, -0.1) is 0 Å². The fraction of sp³-hybridized carbons (Fsp3) is 0.857. The minimum atomic E-state index is 0.144. The normalized spacial score (nSPS) is 17.0. The predicted octanol–water partition coefficient (Wildman–Crippen LogP) is 0.806. The van der Waals surface area contributed by atoms with E-state index >= 15 is 0 Å². The summed E-state index contributed by atoms with van der Waals surface area (Å²) >= 11 is 0. The quantitative estimate of drug-likeness (QED) is 0.547. The predicted molar refractivity (Wildman–Crippen MR) is 37.1 cm³/mol. The van der Waals surface area contributed by atoms with Crippen molar-refractivity contribution in [2.24, 2.45) is 5.92 Å². The molecule has 3 heteroatoms. The van der Waals surface area contributed by atoms with Crippen molar-refractivity contribution in [3.8, 4) is 0 Å². The van der Waals surface area contributed by atoms with Gasteiger partial charge in [0.05, 0.1) is 7.11 Å². The van der Waals surface area contributed by atoms with Crippen LogP contribution in [0.4, 0.5) is 0 Å². The van der Waals surface area contributed by atoms with Gasteiger partial charge in [-0.25, -0.2) is 5.06 Å². The van der Waals surface area contributed by atoms with Crippen molar-refractivity contribution in [1.82, 2.24) is 5.06 Å². The number of nitrogens with zero attached hydrogens (tertiary/aromatic N) is 1. The Hall–Kier alpha value is -0.570. The number of rotatable bonds is 3. The molecule has 10 heavy (non-hydrogen) atoms. The topological polar surface area (TPSA) is 29.5 Å². The highest BCUT2D eigenvalue weighted by molar-refractivity contribution is 5.79. The molecule has 0 heterocycles. The molecule has 1 amide bonds. The van der Waals surface area contributed by atoms with Crippen LogP contribution in [0.1, 0.15) is 19.8 Å². The first-order chi connectivity index (χ1) is 4.79. The highest BCUT2D eigenvalue weighted by Gasteiger charge is 2.33. The summed E-state index contributed by atoms with van der Waals surface area (Å²) in [5.41, 5.74) is 0. The first-order valence-electron chi connectivity index (χ1n) is 3.65. The Balaban J connectivity index is 2.35. The van der Waals surface area contributed by atoms with Gasteiger partial charge in [-0.2, -0.15) is 0 Å². The molecule has 0 unspecified atom stereocenters. The Kier molecular flexibility index (Phi) is 2.27. The molecule has 0 atom stereocenters. The number of hydroxylamine groups is 2. The molecule has 0 aromatic carbocycles. The first-order valence-corrected chi connectivity index (χ1v) is 3.65. The highest BCUT2D eigenvalue weighted by Crippen LogP contribution is 2.30. The van der Waals surface area contributed by atoms with Crippen LogP contribution in [0.25, 0.3) is 0 Å². The molecule has 1 aliphatic rings. The monoisotopic (exact) mass is 143 g/mol. The molecule has 1 saturated carbocycles. The van der Waals surface area contributed by atoms with E-state index in [0.717, 1.165) is 12.8 Å². The van der Waals surface area contributed by atoms with Gasteiger partial charge < -0.3 is 0 Å². The Morgan fingerprint density at radius 1 is 1.70 bits per heavy atom. The molecule has 0 N–H and O–H groups in total. The molecule has 1 aliphatic carbocycles. The molecule has 0 spiro atoms. The van der Waals surface area contributed by atoms with Gasteiger partial charge >= 0.3 is 0 Å². The van der Waals surface area contributed by atoms with Gasteiger partial charge in [0.2, 0.25) is 5.91 Å².